The predicted molar refractivity (Wildman–Crippen MR) is 122 cm³/mol. The van der Waals surface area contributed by atoms with E-state index in [1.807, 2.05) is 59.0 Å². The molecule has 32 heavy (non-hydrogen) atoms. The molecular weight excluding hydrogens is 402 g/mol. The highest BCUT2D eigenvalue weighted by Gasteiger charge is 2.17. The van der Waals surface area contributed by atoms with Crippen LogP contribution in [0.15, 0.2) is 73.6 Å². The van der Waals surface area contributed by atoms with Crippen molar-refractivity contribution in [1.29, 1.82) is 0 Å². The van der Waals surface area contributed by atoms with Crippen molar-refractivity contribution in [3.63, 3.8) is 0 Å². The van der Waals surface area contributed by atoms with Crippen LogP contribution in [-0.2, 0) is 20.0 Å². The summed E-state index contributed by atoms with van der Waals surface area (Å²) < 4.78 is 3.88. The highest BCUT2D eigenvalue weighted by molar-refractivity contribution is 6.05. The third-order valence-corrected chi connectivity index (χ3v) is 5.45. The van der Waals surface area contributed by atoms with Gasteiger partial charge in [-0.25, -0.2) is 9.97 Å². The number of hydrogen-bond acceptors (Lipinski definition) is 4. The van der Waals surface area contributed by atoms with Gasteiger partial charge in [0.25, 0.3) is 5.91 Å². The number of aromatic nitrogens is 6. The van der Waals surface area contributed by atoms with Crippen LogP contribution < -0.4 is 5.32 Å². The summed E-state index contributed by atoms with van der Waals surface area (Å²) in [6.45, 7) is 1.17. The normalized spacial score (nSPS) is 11.2. The van der Waals surface area contributed by atoms with Crippen molar-refractivity contribution in [2.75, 3.05) is 6.54 Å². The first-order valence-electron chi connectivity index (χ1n) is 10.5. The van der Waals surface area contributed by atoms with Gasteiger partial charge in [-0.1, -0.05) is 30.3 Å². The van der Waals surface area contributed by atoms with E-state index in [2.05, 4.69) is 32.5 Å². The fourth-order valence-electron chi connectivity index (χ4n) is 3.75. The van der Waals surface area contributed by atoms with E-state index in [4.69, 9.17) is 4.98 Å². The van der Waals surface area contributed by atoms with Crippen LogP contribution in [0.3, 0.4) is 0 Å². The summed E-state index contributed by atoms with van der Waals surface area (Å²) in [5.41, 5.74) is 5.10. The zero-order chi connectivity index (χ0) is 21.9. The zero-order valence-corrected chi connectivity index (χ0v) is 17.7. The highest BCUT2D eigenvalue weighted by atomic mass is 16.1. The maximum absolute atomic E-state index is 13.0. The molecule has 0 aliphatic heterocycles. The molecular formula is C24H23N7O. The first kappa shape index (κ1) is 19.7. The molecule has 0 radical (unpaired) electrons. The first-order chi connectivity index (χ1) is 15.7. The number of aromatic amines is 1. The molecule has 1 aromatic carbocycles. The average Bonchev–Trinajstić information content (AvgIpc) is 3.56. The van der Waals surface area contributed by atoms with Gasteiger partial charge in [-0.3, -0.25) is 9.48 Å². The van der Waals surface area contributed by atoms with Gasteiger partial charge >= 0.3 is 0 Å². The molecule has 5 rings (SSSR count). The van der Waals surface area contributed by atoms with Gasteiger partial charge in [0.05, 0.1) is 30.3 Å². The lowest BCUT2D eigenvalue weighted by atomic mass is 10.1. The lowest BCUT2D eigenvalue weighted by molar-refractivity contribution is 0.0951. The van der Waals surface area contributed by atoms with Crippen LogP contribution in [0.25, 0.3) is 22.2 Å². The Balaban J connectivity index is 1.41. The first-order valence-corrected chi connectivity index (χ1v) is 10.5. The standard InChI is InChI=1S/C24H23N7O/c1-30-10-8-20-22(30)11-21(18-12-28-31(15-18)14-17-5-3-2-4-6-17)29-23(20)24(32)26-9-7-19-13-25-16-27-19/h2-6,8,10-13,15-16H,7,9,14H2,1H3,(H,25,27)(H,26,32). The van der Waals surface area contributed by atoms with Gasteiger partial charge in [0.1, 0.15) is 5.69 Å². The Hall–Kier alpha value is -4.20. The molecule has 8 heteroatoms. The molecule has 0 unspecified atom stereocenters. The third kappa shape index (κ3) is 4.02. The van der Waals surface area contributed by atoms with Gasteiger partial charge in [-0.2, -0.15) is 5.10 Å². The number of benzene rings is 1. The van der Waals surface area contributed by atoms with Crippen LogP contribution in [0.2, 0.25) is 0 Å². The molecule has 4 heterocycles. The maximum atomic E-state index is 13.0. The number of amides is 1. The van der Waals surface area contributed by atoms with E-state index < -0.39 is 0 Å². The molecule has 0 atom stereocenters. The fraction of sp³-hybridized carbons (Fsp3) is 0.167. The van der Waals surface area contributed by atoms with Crippen molar-refractivity contribution >= 4 is 16.8 Å². The molecule has 0 saturated heterocycles. The van der Waals surface area contributed by atoms with Crippen molar-refractivity contribution in [1.82, 2.24) is 34.6 Å². The zero-order valence-electron chi connectivity index (χ0n) is 17.7. The van der Waals surface area contributed by atoms with E-state index in [1.165, 1.54) is 5.56 Å². The molecule has 0 aliphatic rings. The number of aryl methyl sites for hydroxylation is 1. The molecule has 160 valence electrons. The lowest BCUT2D eigenvalue weighted by Crippen LogP contribution is -2.27. The third-order valence-electron chi connectivity index (χ3n) is 5.45. The smallest absolute Gasteiger partial charge is 0.270 e. The summed E-state index contributed by atoms with van der Waals surface area (Å²) in [6.07, 6.45) is 9.76. The molecule has 1 amide bonds. The second-order valence-corrected chi connectivity index (χ2v) is 7.71. The number of carbonyl (C=O) groups excluding carboxylic acids is 1. The Morgan fingerprint density at radius 1 is 1.16 bits per heavy atom. The maximum Gasteiger partial charge on any atom is 0.270 e. The van der Waals surface area contributed by atoms with Crippen LogP contribution in [-0.4, -0.2) is 41.8 Å². The molecule has 8 nitrogen and oxygen atoms in total. The van der Waals surface area contributed by atoms with Crippen LogP contribution in [0, 0.1) is 0 Å². The summed E-state index contributed by atoms with van der Waals surface area (Å²) in [5, 5.41) is 8.29. The van der Waals surface area contributed by atoms with Gasteiger partial charge in [0.2, 0.25) is 0 Å². The monoisotopic (exact) mass is 425 g/mol. The van der Waals surface area contributed by atoms with Gasteiger partial charge in [0.15, 0.2) is 0 Å². The van der Waals surface area contributed by atoms with Crippen molar-refractivity contribution < 1.29 is 4.79 Å². The highest BCUT2D eigenvalue weighted by Crippen LogP contribution is 2.25. The molecule has 0 saturated carbocycles. The van der Waals surface area contributed by atoms with Crippen LogP contribution >= 0.6 is 0 Å². The van der Waals surface area contributed by atoms with Gasteiger partial charge in [0, 0.05) is 55.2 Å². The second kappa shape index (κ2) is 8.50. The summed E-state index contributed by atoms with van der Waals surface area (Å²) in [4.78, 5) is 24.8. The topological polar surface area (TPSA) is 93.4 Å². The van der Waals surface area contributed by atoms with Crippen LogP contribution in [0.5, 0.6) is 0 Å². The van der Waals surface area contributed by atoms with Crippen molar-refractivity contribution in [3.8, 4) is 11.3 Å². The minimum atomic E-state index is -0.195. The molecule has 4 aromatic heterocycles. The van der Waals surface area contributed by atoms with Gasteiger partial charge in [-0.05, 0) is 17.7 Å². The molecule has 2 N–H and O–H groups in total. The Bertz CT molecular complexity index is 1350. The van der Waals surface area contributed by atoms with Crippen molar-refractivity contribution in [2.24, 2.45) is 7.05 Å². The largest absolute Gasteiger partial charge is 0.350 e. The summed E-state index contributed by atoms with van der Waals surface area (Å²) in [5.74, 6) is -0.195. The quantitative estimate of drug-likeness (QED) is 0.419. The minimum absolute atomic E-state index is 0.195. The van der Waals surface area contributed by atoms with E-state index >= 15 is 0 Å². The summed E-state index contributed by atoms with van der Waals surface area (Å²) in [7, 11) is 1.96. The van der Waals surface area contributed by atoms with Gasteiger partial charge < -0.3 is 14.9 Å². The predicted octanol–water partition coefficient (Wildman–Crippen LogP) is 3.18. The number of carbonyl (C=O) groups is 1. The Morgan fingerprint density at radius 2 is 2.03 bits per heavy atom. The number of nitrogens with zero attached hydrogens (tertiary/aromatic N) is 5. The number of rotatable bonds is 7. The fourth-order valence-corrected chi connectivity index (χ4v) is 3.75. The molecule has 5 aromatic rings. The SMILES string of the molecule is Cn1ccc2c(C(=O)NCCc3cnc[nH]3)nc(-c3cnn(Cc4ccccc4)c3)cc21. The Labute approximate surface area is 184 Å². The lowest BCUT2D eigenvalue weighted by Gasteiger charge is -2.08. The number of H-pyrrole nitrogens is 1. The Morgan fingerprint density at radius 3 is 2.84 bits per heavy atom. The molecule has 0 aliphatic carbocycles. The molecule has 0 fully saturated rings. The number of nitrogens with one attached hydrogen (secondary N) is 2. The number of pyridine rings is 1. The summed E-state index contributed by atoms with van der Waals surface area (Å²) in [6, 6.07) is 14.1. The van der Waals surface area contributed by atoms with E-state index in [0.717, 1.165) is 27.9 Å². The van der Waals surface area contributed by atoms with Crippen LogP contribution in [0.4, 0.5) is 0 Å². The van der Waals surface area contributed by atoms with Crippen LogP contribution in [0.1, 0.15) is 21.7 Å². The summed E-state index contributed by atoms with van der Waals surface area (Å²) >= 11 is 0. The number of imidazole rings is 1. The number of hydrogen-bond donors (Lipinski definition) is 2. The molecule has 0 spiro atoms. The van der Waals surface area contributed by atoms with Crippen molar-refractivity contribution in [2.45, 2.75) is 13.0 Å². The van der Waals surface area contributed by atoms with E-state index in [9.17, 15) is 4.79 Å². The minimum Gasteiger partial charge on any atom is -0.350 e. The Kier molecular flexibility index (Phi) is 5.25. The van der Waals surface area contributed by atoms with E-state index in [1.54, 1.807) is 18.7 Å². The van der Waals surface area contributed by atoms with Crippen molar-refractivity contribution in [3.05, 3.63) is 90.5 Å². The van der Waals surface area contributed by atoms with E-state index in [0.29, 0.717) is 25.2 Å². The number of fused-ring (bicyclic) bond motifs is 1. The molecule has 0 bridgehead atoms. The average molecular weight is 425 g/mol. The second-order valence-electron chi connectivity index (χ2n) is 7.71. The van der Waals surface area contributed by atoms with E-state index in [-0.39, 0.29) is 5.91 Å². The van der Waals surface area contributed by atoms with Gasteiger partial charge in [-0.15, -0.1) is 0 Å².